The van der Waals surface area contributed by atoms with Crippen LogP contribution in [0.1, 0.15) is 29.3 Å². The molecule has 2 amide bonds. The average Bonchev–Trinajstić information content (AvgIpc) is 2.56. The molecule has 0 atom stereocenters. The van der Waals surface area contributed by atoms with Crippen LogP contribution < -0.4 is 5.32 Å². The largest absolute Gasteiger partial charge is 0.329 e. The van der Waals surface area contributed by atoms with Gasteiger partial charge in [-0.2, -0.15) is 0 Å². The number of nitrogens with one attached hydrogen (secondary N) is 1. The van der Waals surface area contributed by atoms with Crippen LogP contribution in [0.5, 0.6) is 0 Å². The van der Waals surface area contributed by atoms with E-state index in [0.29, 0.717) is 18.2 Å². The lowest BCUT2D eigenvalue weighted by Gasteiger charge is -2.22. The summed E-state index contributed by atoms with van der Waals surface area (Å²) in [5, 5.41) is 2.74. The molecule has 132 valence electrons. The van der Waals surface area contributed by atoms with Crippen molar-refractivity contribution in [1.82, 2.24) is 4.90 Å². The highest BCUT2D eigenvalue weighted by molar-refractivity contribution is 5.99. The van der Waals surface area contributed by atoms with Crippen molar-refractivity contribution in [2.24, 2.45) is 0 Å². The van der Waals surface area contributed by atoms with Gasteiger partial charge in [0.2, 0.25) is 5.91 Å². The van der Waals surface area contributed by atoms with Gasteiger partial charge in [-0.1, -0.05) is 25.1 Å². The summed E-state index contributed by atoms with van der Waals surface area (Å²) in [6.07, 6.45) is 0.603. The Morgan fingerprint density at radius 3 is 2.48 bits per heavy atom. The van der Waals surface area contributed by atoms with Crippen molar-refractivity contribution in [3.8, 4) is 0 Å². The second-order valence-corrected chi connectivity index (χ2v) is 5.71. The number of nitrogens with zero attached hydrogens (tertiary/aromatic N) is 1. The fourth-order valence-corrected chi connectivity index (χ4v) is 2.43. The van der Waals surface area contributed by atoms with Crippen molar-refractivity contribution in [2.45, 2.75) is 20.3 Å². The maximum atomic E-state index is 13.9. The molecule has 0 unspecified atom stereocenters. The molecule has 0 saturated heterocycles. The number of rotatable bonds is 6. The molecular formula is C19H20F2N2O2. The lowest BCUT2D eigenvalue weighted by molar-refractivity contribution is -0.116. The Morgan fingerprint density at radius 2 is 1.84 bits per heavy atom. The van der Waals surface area contributed by atoms with E-state index in [1.54, 1.807) is 12.1 Å². The second kappa shape index (κ2) is 8.37. The summed E-state index contributed by atoms with van der Waals surface area (Å²) in [5.41, 5.74) is 1.30. The standard InChI is InChI=1S/C19H20F2N2O2/c1-3-10-23(19(25)15-9-8-14(20)11-16(15)21)12-18(24)22-17-7-5-4-6-13(17)2/h4-9,11H,3,10,12H2,1-2H3,(H,22,24). The van der Waals surface area contributed by atoms with E-state index in [9.17, 15) is 18.4 Å². The molecule has 0 saturated carbocycles. The van der Waals surface area contributed by atoms with E-state index in [1.165, 1.54) is 4.90 Å². The Balaban J connectivity index is 2.13. The normalized spacial score (nSPS) is 10.4. The summed E-state index contributed by atoms with van der Waals surface area (Å²) in [6.45, 7) is 3.79. The van der Waals surface area contributed by atoms with Crippen molar-refractivity contribution in [3.63, 3.8) is 0 Å². The van der Waals surface area contributed by atoms with Crippen LogP contribution in [-0.4, -0.2) is 29.8 Å². The van der Waals surface area contributed by atoms with Crippen molar-refractivity contribution in [3.05, 3.63) is 65.2 Å². The number of carbonyl (C=O) groups is 2. The van der Waals surface area contributed by atoms with Gasteiger partial charge in [-0.25, -0.2) is 8.78 Å². The fourth-order valence-electron chi connectivity index (χ4n) is 2.43. The average molecular weight is 346 g/mol. The van der Waals surface area contributed by atoms with Gasteiger partial charge in [0.05, 0.1) is 5.56 Å². The van der Waals surface area contributed by atoms with Crippen LogP contribution in [0.3, 0.4) is 0 Å². The molecule has 6 heteroatoms. The monoisotopic (exact) mass is 346 g/mol. The first-order chi connectivity index (χ1) is 11.9. The maximum Gasteiger partial charge on any atom is 0.257 e. The summed E-state index contributed by atoms with van der Waals surface area (Å²) >= 11 is 0. The third-order valence-electron chi connectivity index (χ3n) is 3.70. The van der Waals surface area contributed by atoms with Crippen LogP contribution in [0.25, 0.3) is 0 Å². The fraction of sp³-hybridized carbons (Fsp3) is 0.263. The van der Waals surface area contributed by atoms with Crippen LogP contribution in [-0.2, 0) is 4.79 Å². The quantitative estimate of drug-likeness (QED) is 0.866. The molecule has 0 heterocycles. The van der Waals surface area contributed by atoms with Crippen LogP contribution in [0.2, 0.25) is 0 Å². The number of benzene rings is 2. The van der Waals surface area contributed by atoms with E-state index in [1.807, 2.05) is 26.0 Å². The van der Waals surface area contributed by atoms with Gasteiger partial charge in [-0.15, -0.1) is 0 Å². The number of aryl methyl sites for hydroxylation is 1. The van der Waals surface area contributed by atoms with Crippen molar-refractivity contribution >= 4 is 17.5 Å². The van der Waals surface area contributed by atoms with E-state index in [0.717, 1.165) is 17.7 Å². The minimum absolute atomic E-state index is 0.210. The number of halogens is 2. The van der Waals surface area contributed by atoms with E-state index >= 15 is 0 Å². The molecule has 0 radical (unpaired) electrons. The summed E-state index contributed by atoms with van der Waals surface area (Å²) in [6, 6.07) is 10.0. The minimum Gasteiger partial charge on any atom is -0.329 e. The Labute approximate surface area is 145 Å². The lowest BCUT2D eigenvalue weighted by atomic mass is 10.1. The Hall–Kier alpha value is -2.76. The van der Waals surface area contributed by atoms with Crippen LogP contribution in [0.15, 0.2) is 42.5 Å². The van der Waals surface area contributed by atoms with Gasteiger partial charge in [-0.05, 0) is 37.1 Å². The number of hydrogen-bond donors (Lipinski definition) is 1. The molecule has 2 aromatic rings. The third kappa shape index (κ3) is 4.86. The molecule has 1 N–H and O–H groups in total. The van der Waals surface area contributed by atoms with Gasteiger partial charge in [0.15, 0.2) is 0 Å². The molecule has 0 spiro atoms. The van der Waals surface area contributed by atoms with Gasteiger partial charge in [0.25, 0.3) is 5.91 Å². The van der Waals surface area contributed by atoms with E-state index in [-0.39, 0.29) is 24.6 Å². The lowest BCUT2D eigenvalue weighted by Crippen LogP contribution is -2.39. The molecular weight excluding hydrogens is 326 g/mol. The topological polar surface area (TPSA) is 49.4 Å². The summed E-state index contributed by atoms with van der Waals surface area (Å²) < 4.78 is 26.9. The molecule has 25 heavy (non-hydrogen) atoms. The van der Waals surface area contributed by atoms with Gasteiger partial charge in [0.1, 0.15) is 18.2 Å². The third-order valence-corrected chi connectivity index (χ3v) is 3.70. The van der Waals surface area contributed by atoms with Crippen molar-refractivity contribution in [2.75, 3.05) is 18.4 Å². The number of anilines is 1. The van der Waals surface area contributed by atoms with Gasteiger partial charge in [0, 0.05) is 18.3 Å². The number of para-hydroxylation sites is 1. The number of amides is 2. The number of hydrogen-bond acceptors (Lipinski definition) is 2. The SMILES string of the molecule is CCCN(CC(=O)Nc1ccccc1C)C(=O)c1ccc(F)cc1F. The molecule has 4 nitrogen and oxygen atoms in total. The van der Waals surface area contributed by atoms with Crippen LogP contribution in [0, 0.1) is 18.6 Å². The molecule has 0 bridgehead atoms. The van der Waals surface area contributed by atoms with E-state index in [2.05, 4.69) is 5.32 Å². The zero-order valence-electron chi connectivity index (χ0n) is 14.2. The highest BCUT2D eigenvalue weighted by atomic mass is 19.1. The Morgan fingerprint density at radius 1 is 1.12 bits per heavy atom. The van der Waals surface area contributed by atoms with Crippen molar-refractivity contribution in [1.29, 1.82) is 0 Å². The zero-order chi connectivity index (χ0) is 18.4. The number of carbonyl (C=O) groups excluding carboxylic acids is 2. The van der Waals surface area contributed by atoms with Crippen LogP contribution >= 0.6 is 0 Å². The molecule has 2 aromatic carbocycles. The Kier molecular flexibility index (Phi) is 6.22. The highest BCUT2D eigenvalue weighted by Crippen LogP contribution is 2.15. The second-order valence-electron chi connectivity index (χ2n) is 5.71. The van der Waals surface area contributed by atoms with E-state index < -0.39 is 17.5 Å². The van der Waals surface area contributed by atoms with Crippen molar-refractivity contribution < 1.29 is 18.4 Å². The maximum absolute atomic E-state index is 13.9. The molecule has 0 aliphatic heterocycles. The van der Waals surface area contributed by atoms with Gasteiger partial charge in [-0.3, -0.25) is 9.59 Å². The minimum atomic E-state index is -0.939. The first-order valence-electron chi connectivity index (χ1n) is 8.02. The molecule has 2 rings (SSSR count). The molecule has 0 aliphatic carbocycles. The van der Waals surface area contributed by atoms with Crippen LogP contribution in [0.4, 0.5) is 14.5 Å². The Bertz CT molecular complexity index is 778. The summed E-state index contributed by atoms with van der Waals surface area (Å²) in [5.74, 6) is -2.71. The molecule has 0 fully saturated rings. The summed E-state index contributed by atoms with van der Waals surface area (Å²) in [4.78, 5) is 26.0. The summed E-state index contributed by atoms with van der Waals surface area (Å²) in [7, 11) is 0. The first kappa shape index (κ1) is 18.6. The first-order valence-corrected chi connectivity index (χ1v) is 8.02. The smallest absolute Gasteiger partial charge is 0.257 e. The van der Waals surface area contributed by atoms with Gasteiger partial charge >= 0.3 is 0 Å². The van der Waals surface area contributed by atoms with E-state index in [4.69, 9.17) is 0 Å². The molecule has 0 aromatic heterocycles. The van der Waals surface area contributed by atoms with Gasteiger partial charge < -0.3 is 10.2 Å². The predicted octanol–water partition coefficient (Wildman–Crippen LogP) is 3.76. The molecule has 0 aliphatic rings. The highest BCUT2D eigenvalue weighted by Gasteiger charge is 2.21. The predicted molar refractivity (Wildman–Crippen MR) is 92.4 cm³/mol. The zero-order valence-corrected chi connectivity index (χ0v) is 14.2.